The molecular weight excluding hydrogens is 318 g/mol. The summed E-state index contributed by atoms with van der Waals surface area (Å²) in [5.41, 5.74) is 1.61. The first-order chi connectivity index (χ1) is 10.3. The summed E-state index contributed by atoms with van der Waals surface area (Å²) in [5, 5.41) is 3.71. The summed E-state index contributed by atoms with van der Waals surface area (Å²) in [7, 11) is -3.58. The maximum absolute atomic E-state index is 13.1. The fourth-order valence-corrected chi connectivity index (χ4v) is 5.36. The van der Waals surface area contributed by atoms with Gasteiger partial charge >= 0.3 is 0 Å². The molecule has 1 aromatic heterocycles. The van der Waals surface area contributed by atoms with E-state index in [1.807, 2.05) is 30.5 Å². The second-order valence-electron chi connectivity index (χ2n) is 5.26. The standard InChI is InChI=1S/C16H19NO3S2/c1-11-6-7-12(2)15(9-11)22(19,20)16(10-17-13(3)18)14-5-4-8-21-14/h4-9,16H,10H2,1-3H3,(H,17,18)/t16-/m1/s1. The summed E-state index contributed by atoms with van der Waals surface area (Å²) < 4.78 is 26.1. The van der Waals surface area contributed by atoms with Crippen molar-refractivity contribution in [2.45, 2.75) is 30.9 Å². The monoisotopic (exact) mass is 337 g/mol. The number of nitrogens with one attached hydrogen (secondary N) is 1. The van der Waals surface area contributed by atoms with Crippen LogP contribution >= 0.6 is 11.3 Å². The number of aryl methyl sites for hydroxylation is 2. The normalized spacial score (nSPS) is 12.9. The van der Waals surface area contributed by atoms with Gasteiger partial charge in [-0.15, -0.1) is 11.3 Å². The van der Waals surface area contributed by atoms with E-state index in [9.17, 15) is 13.2 Å². The second-order valence-corrected chi connectivity index (χ2v) is 8.33. The molecule has 0 unspecified atom stereocenters. The van der Waals surface area contributed by atoms with Crippen molar-refractivity contribution >= 4 is 27.1 Å². The Hall–Kier alpha value is -1.66. The van der Waals surface area contributed by atoms with Gasteiger partial charge in [0, 0.05) is 18.3 Å². The summed E-state index contributed by atoms with van der Waals surface area (Å²) in [4.78, 5) is 12.3. The SMILES string of the molecule is CC(=O)NC[C@H](c1cccs1)S(=O)(=O)c1cc(C)ccc1C. The van der Waals surface area contributed by atoms with Gasteiger partial charge in [-0.1, -0.05) is 18.2 Å². The summed E-state index contributed by atoms with van der Waals surface area (Å²) >= 11 is 1.38. The zero-order chi connectivity index (χ0) is 16.3. The Balaban J connectivity index is 2.49. The molecule has 1 atom stereocenters. The molecule has 0 aliphatic carbocycles. The number of carbonyl (C=O) groups is 1. The fraction of sp³-hybridized carbons (Fsp3) is 0.312. The molecule has 1 aromatic carbocycles. The quantitative estimate of drug-likeness (QED) is 0.912. The molecule has 0 bridgehead atoms. The topological polar surface area (TPSA) is 63.2 Å². The number of amides is 1. The molecule has 118 valence electrons. The van der Waals surface area contributed by atoms with Crippen molar-refractivity contribution in [2.24, 2.45) is 0 Å². The van der Waals surface area contributed by atoms with Crippen LogP contribution < -0.4 is 5.32 Å². The van der Waals surface area contributed by atoms with E-state index in [1.165, 1.54) is 18.3 Å². The van der Waals surface area contributed by atoms with Crippen LogP contribution in [0.2, 0.25) is 0 Å². The number of carbonyl (C=O) groups excluding carboxylic acids is 1. The highest BCUT2D eigenvalue weighted by Crippen LogP contribution is 2.33. The number of hydrogen-bond acceptors (Lipinski definition) is 4. The van der Waals surface area contributed by atoms with Crippen LogP contribution in [-0.4, -0.2) is 20.9 Å². The predicted octanol–water partition coefficient (Wildman–Crippen LogP) is 3.02. The van der Waals surface area contributed by atoms with Crippen LogP contribution in [0.25, 0.3) is 0 Å². The Kier molecular flexibility index (Phi) is 5.03. The largest absolute Gasteiger partial charge is 0.355 e. The van der Waals surface area contributed by atoms with Crippen molar-refractivity contribution in [3.8, 4) is 0 Å². The minimum Gasteiger partial charge on any atom is -0.355 e. The first kappa shape index (κ1) is 16.7. The van der Waals surface area contributed by atoms with Crippen LogP contribution in [0.4, 0.5) is 0 Å². The van der Waals surface area contributed by atoms with Gasteiger partial charge in [0.2, 0.25) is 5.91 Å². The van der Waals surface area contributed by atoms with E-state index in [-0.39, 0.29) is 12.5 Å². The lowest BCUT2D eigenvalue weighted by Gasteiger charge is -2.18. The van der Waals surface area contributed by atoms with Gasteiger partial charge in [0.15, 0.2) is 9.84 Å². The van der Waals surface area contributed by atoms with Gasteiger partial charge in [-0.05, 0) is 42.5 Å². The molecule has 0 radical (unpaired) electrons. The van der Waals surface area contributed by atoms with Crippen LogP contribution in [0, 0.1) is 13.8 Å². The molecule has 2 aromatic rings. The minimum absolute atomic E-state index is 0.0750. The van der Waals surface area contributed by atoms with E-state index in [4.69, 9.17) is 0 Å². The second kappa shape index (κ2) is 6.62. The lowest BCUT2D eigenvalue weighted by atomic mass is 10.2. The van der Waals surface area contributed by atoms with Crippen LogP contribution in [0.15, 0.2) is 40.6 Å². The third kappa shape index (κ3) is 3.56. The van der Waals surface area contributed by atoms with Crippen molar-refractivity contribution in [3.05, 3.63) is 51.7 Å². The third-order valence-electron chi connectivity index (χ3n) is 3.42. The minimum atomic E-state index is -3.58. The van der Waals surface area contributed by atoms with E-state index in [0.29, 0.717) is 4.90 Å². The van der Waals surface area contributed by atoms with E-state index >= 15 is 0 Å². The Bertz CT molecular complexity index is 765. The van der Waals surface area contributed by atoms with Gasteiger partial charge in [0.05, 0.1) is 4.90 Å². The summed E-state index contributed by atoms with van der Waals surface area (Å²) in [5.74, 6) is -0.238. The van der Waals surface area contributed by atoms with Crippen LogP contribution in [0.3, 0.4) is 0 Å². The van der Waals surface area contributed by atoms with Crippen molar-refractivity contribution in [1.82, 2.24) is 5.32 Å². The van der Waals surface area contributed by atoms with Crippen molar-refractivity contribution in [3.63, 3.8) is 0 Å². The summed E-state index contributed by atoms with van der Waals surface area (Å²) in [6.45, 7) is 5.12. The lowest BCUT2D eigenvalue weighted by Crippen LogP contribution is -2.30. The Morgan fingerprint density at radius 3 is 2.59 bits per heavy atom. The molecule has 0 fully saturated rings. The zero-order valence-electron chi connectivity index (χ0n) is 12.8. The Labute approximate surface area is 135 Å². The number of sulfone groups is 1. The van der Waals surface area contributed by atoms with Gasteiger partial charge in [-0.25, -0.2) is 8.42 Å². The summed E-state index contributed by atoms with van der Waals surface area (Å²) in [6.07, 6.45) is 0. The highest BCUT2D eigenvalue weighted by Gasteiger charge is 2.31. The van der Waals surface area contributed by atoms with Gasteiger partial charge in [-0.3, -0.25) is 4.79 Å². The van der Waals surface area contributed by atoms with E-state index in [0.717, 1.165) is 16.0 Å². The maximum atomic E-state index is 13.1. The predicted molar refractivity (Wildman–Crippen MR) is 88.8 cm³/mol. The first-order valence-electron chi connectivity index (χ1n) is 6.91. The molecule has 2 rings (SSSR count). The van der Waals surface area contributed by atoms with Crippen LogP contribution in [-0.2, 0) is 14.6 Å². The number of hydrogen-bond donors (Lipinski definition) is 1. The average molecular weight is 337 g/mol. The molecule has 0 saturated heterocycles. The number of thiophene rings is 1. The third-order valence-corrected chi connectivity index (χ3v) is 6.78. The molecule has 1 N–H and O–H groups in total. The number of rotatable bonds is 5. The zero-order valence-corrected chi connectivity index (χ0v) is 14.4. The Morgan fingerprint density at radius 2 is 2.00 bits per heavy atom. The van der Waals surface area contributed by atoms with Crippen molar-refractivity contribution < 1.29 is 13.2 Å². The van der Waals surface area contributed by atoms with Crippen molar-refractivity contribution in [2.75, 3.05) is 6.54 Å². The molecule has 6 heteroatoms. The highest BCUT2D eigenvalue weighted by molar-refractivity contribution is 7.92. The molecule has 4 nitrogen and oxygen atoms in total. The molecule has 0 aliphatic rings. The molecule has 1 heterocycles. The van der Waals surface area contributed by atoms with E-state index in [2.05, 4.69) is 5.32 Å². The highest BCUT2D eigenvalue weighted by atomic mass is 32.2. The molecule has 1 amide bonds. The van der Waals surface area contributed by atoms with Crippen LogP contribution in [0.5, 0.6) is 0 Å². The van der Waals surface area contributed by atoms with E-state index in [1.54, 1.807) is 19.1 Å². The molecule has 0 saturated carbocycles. The smallest absolute Gasteiger partial charge is 0.216 e. The van der Waals surface area contributed by atoms with Crippen molar-refractivity contribution in [1.29, 1.82) is 0 Å². The molecule has 0 spiro atoms. The molecule has 22 heavy (non-hydrogen) atoms. The van der Waals surface area contributed by atoms with E-state index < -0.39 is 15.1 Å². The number of benzene rings is 1. The molecular formula is C16H19NO3S2. The van der Waals surface area contributed by atoms with Crippen LogP contribution in [0.1, 0.15) is 28.2 Å². The first-order valence-corrected chi connectivity index (χ1v) is 9.34. The van der Waals surface area contributed by atoms with Gasteiger partial charge in [0.1, 0.15) is 5.25 Å². The fourth-order valence-electron chi connectivity index (χ4n) is 2.24. The van der Waals surface area contributed by atoms with Gasteiger partial charge < -0.3 is 5.32 Å². The van der Waals surface area contributed by atoms with Gasteiger partial charge in [-0.2, -0.15) is 0 Å². The van der Waals surface area contributed by atoms with Gasteiger partial charge in [0.25, 0.3) is 0 Å². The average Bonchev–Trinajstić information content (AvgIpc) is 2.95. The molecule has 0 aliphatic heterocycles. The lowest BCUT2D eigenvalue weighted by molar-refractivity contribution is -0.118. The Morgan fingerprint density at radius 1 is 1.27 bits per heavy atom. The maximum Gasteiger partial charge on any atom is 0.216 e. The summed E-state index contributed by atoms with van der Waals surface area (Å²) in [6, 6.07) is 9.01.